The number of anilines is 2. The zero-order valence-corrected chi connectivity index (χ0v) is 13.2. The van der Waals surface area contributed by atoms with Crippen molar-refractivity contribution >= 4 is 17.3 Å². The Morgan fingerprint density at radius 3 is 2.38 bits per heavy atom. The van der Waals surface area contributed by atoms with E-state index in [-0.39, 0.29) is 0 Å². The zero-order valence-electron chi connectivity index (χ0n) is 13.2. The minimum Gasteiger partial charge on any atom is -0.324 e. The first-order chi connectivity index (χ1) is 11.8. The molecule has 4 heteroatoms. The van der Waals surface area contributed by atoms with Crippen LogP contribution < -0.4 is 5.32 Å². The minimum absolute atomic E-state index is 0.311. The van der Waals surface area contributed by atoms with Crippen LogP contribution in [-0.2, 0) is 6.42 Å². The molecule has 1 aromatic heterocycles. The first-order valence-electron chi connectivity index (χ1n) is 8.10. The standard InChI is InChI=1S/C20H18N4/c21-18-11-15(14-7-3-1-4-8-14)12-19-17(18)13-22-20(24-19)23-16-9-5-2-6-10-16/h1-10,13,15,21H,11-12H2,(H,22,23,24). The molecule has 0 fully saturated rings. The lowest BCUT2D eigenvalue weighted by molar-refractivity contribution is 0.676. The van der Waals surface area contributed by atoms with Crippen LogP contribution >= 0.6 is 0 Å². The van der Waals surface area contributed by atoms with Gasteiger partial charge in [0.15, 0.2) is 0 Å². The first kappa shape index (κ1) is 14.6. The third-order valence-electron chi connectivity index (χ3n) is 4.38. The van der Waals surface area contributed by atoms with Crippen LogP contribution in [-0.4, -0.2) is 15.7 Å². The summed E-state index contributed by atoms with van der Waals surface area (Å²) in [5.74, 6) is 0.895. The van der Waals surface area contributed by atoms with E-state index in [1.807, 2.05) is 36.4 Å². The average Bonchev–Trinajstić information content (AvgIpc) is 2.63. The highest BCUT2D eigenvalue weighted by molar-refractivity contribution is 6.00. The second kappa shape index (κ2) is 6.24. The fourth-order valence-electron chi connectivity index (χ4n) is 3.16. The van der Waals surface area contributed by atoms with Gasteiger partial charge in [-0.1, -0.05) is 48.5 Å². The molecule has 24 heavy (non-hydrogen) atoms. The second-order valence-corrected chi connectivity index (χ2v) is 6.04. The highest BCUT2D eigenvalue weighted by atomic mass is 15.1. The Hall–Kier alpha value is -3.01. The van der Waals surface area contributed by atoms with Crippen molar-refractivity contribution in [2.24, 2.45) is 0 Å². The largest absolute Gasteiger partial charge is 0.324 e. The monoisotopic (exact) mass is 314 g/mol. The molecular formula is C20H18N4. The van der Waals surface area contributed by atoms with E-state index < -0.39 is 0 Å². The van der Waals surface area contributed by atoms with E-state index in [0.29, 0.717) is 17.6 Å². The SMILES string of the molecule is N=C1CC(c2ccccc2)Cc2nc(Nc3ccccc3)ncc21. The highest BCUT2D eigenvalue weighted by Crippen LogP contribution is 2.32. The molecule has 2 aromatic carbocycles. The lowest BCUT2D eigenvalue weighted by atomic mass is 9.82. The smallest absolute Gasteiger partial charge is 0.227 e. The zero-order chi connectivity index (χ0) is 16.4. The van der Waals surface area contributed by atoms with Gasteiger partial charge in [0.1, 0.15) is 0 Å². The molecule has 0 radical (unpaired) electrons. The molecule has 0 saturated heterocycles. The number of nitrogens with zero attached hydrogens (tertiary/aromatic N) is 2. The van der Waals surface area contributed by atoms with Crippen molar-refractivity contribution in [3.63, 3.8) is 0 Å². The van der Waals surface area contributed by atoms with Crippen LogP contribution in [0.3, 0.4) is 0 Å². The summed E-state index contributed by atoms with van der Waals surface area (Å²) < 4.78 is 0. The lowest BCUT2D eigenvalue weighted by Crippen LogP contribution is -2.21. The van der Waals surface area contributed by atoms with Gasteiger partial charge in [-0.05, 0) is 36.5 Å². The topological polar surface area (TPSA) is 61.7 Å². The number of nitrogens with one attached hydrogen (secondary N) is 2. The highest BCUT2D eigenvalue weighted by Gasteiger charge is 2.25. The molecule has 1 aliphatic carbocycles. The van der Waals surface area contributed by atoms with Gasteiger partial charge in [0.25, 0.3) is 0 Å². The van der Waals surface area contributed by atoms with E-state index in [0.717, 1.165) is 29.8 Å². The molecule has 0 amide bonds. The Kier molecular flexibility index (Phi) is 3.79. The summed E-state index contributed by atoms with van der Waals surface area (Å²) in [6.07, 6.45) is 3.36. The maximum atomic E-state index is 8.34. The van der Waals surface area contributed by atoms with E-state index >= 15 is 0 Å². The van der Waals surface area contributed by atoms with Gasteiger partial charge in [-0.15, -0.1) is 0 Å². The van der Waals surface area contributed by atoms with Crippen LogP contribution in [0.15, 0.2) is 66.9 Å². The Labute approximate surface area is 141 Å². The molecule has 0 bridgehead atoms. The summed E-state index contributed by atoms with van der Waals surface area (Å²) >= 11 is 0. The van der Waals surface area contributed by atoms with E-state index in [1.54, 1.807) is 6.20 Å². The first-order valence-corrected chi connectivity index (χ1v) is 8.10. The molecule has 1 atom stereocenters. The third-order valence-corrected chi connectivity index (χ3v) is 4.38. The predicted molar refractivity (Wildman–Crippen MR) is 96.1 cm³/mol. The van der Waals surface area contributed by atoms with Crippen LogP contribution in [0.4, 0.5) is 11.6 Å². The molecular weight excluding hydrogens is 296 g/mol. The maximum absolute atomic E-state index is 8.34. The molecule has 118 valence electrons. The van der Waals surface area contributed by atoms with Crippen molar-refractivity contribution < 1.29 is 0 Å². The molecule has 4 nitrogen and oxygen atoms in total. The summed E-state index contributed by atoms with van der Waals surface area (Å²) in [7, 11) is 0. The van der Waals surface area contributed by atoms with Gasteiger partial charge < -0.3 is 10.7 Å². The van der Waals surface area contributed by atoms with Gasteiger partial charge in [-0.2, -0.15) is 0 Å². The lowest BCUT2D eigenvalue weighted by Gasteiger charge is -2.25. The number of aromatic nitrogens is 2. The second-order valence-electron chi connectivity index (χ2n) is 6.04. The van der Waals surface area contributed by atoms with Gasteiger partial charge in [-0.25, -0.2) is 9.97 Å². The van der Waals surface area contributed by atoms with E-state index in [4.69, 9.17) is 5.41 Å². The molecule has 1 heterocycles. The van der Waals surface area contributed by atoms with Crippen molar-refractivity contribution in [1.29, 1.82) is 5.41 Å². The number of hydrogen-bond donors (Lipinski definition) is 2. The molecule has 3 aromatic rings. The summed E-state index contributed by atoms with van der Waals surface area (Å²) in [5.41, 5.74) is 4.68. The van der Waals surface area contributed by atoms with Crippen LogP contribution in [0.5, 0.6) is 0 Å². The summed E-state index contributed by atoms with van der Waals surface area (Å²) in [6, 6.07) is 20.3. The Morgan fingerprint density at radius 1 is 0.917 bits per heavy atom. The summed E-state index contributed by atoms with van der Waals surface area (Å²) in [5, 5.41) is 11.6. The van der Waals surface area contributed by atoms with Gasteiger partial charge in [0.05, 0.1) is 5.69 Å². The summed E-state index contributed by atoms with van der Waals surface area (Å²) in [4.78, 5) is 9.04. The quantitative estimate of drug-likeness (QED) is 0.757. The Morgan fingerprint density at radius 2 is 1.62 bits per heavy atom. The Balaban J connectivity index is 1.62. The molecule has 0 aliphatic heterocycles. The van der Waals surface area contributed by atoms with E-state index in [2.05, 4.69) is 39.6 Å². The van der Waals surface area contributed by atoms with E-state index in [9.17, 15) is 0 Å². The van der Waals surface area contributed by atoms with Crippen LogP contribution in [0.2, 0.25) is 0 Å². The van der Waals surface area contributed by atoms with Gasteiger partial charge in [0, 0.05) is 23.2 Å². The molecule has 0 spiro atoms. The fraction of sp³-hybridized carbons (Fsp3) is 0.150. The number of fused-ring (bicyclic) bond motifs is 1. The van der Waals surface area contributed by atoms with Crippen molar-refractivity contribution in [2.45, 2.75) is 18.8 Å². The van der Waals surface area contributed by atoms with Gasteiger partial charge in [0.2, 0.25) is 5.95 Å². The van der Waals surface area contributed by atoms with Crippen molar-refractivity contribution in [1.82, 2.24) is 9.97 Å². The van der Waals surface area contributed by atoms with Crippen molar-refractivity contribution in [3.8, 4) is 0 Å². The third kappa shape index (κ3) is 2.91. The number of rotatable bonds is 3. The molecule has 2 N–H and O–H groups in total. The number of para-hydroxylation sites is 1. The van der Waals surface area contributed by atoms with Crippen LogP contribution in [0.25, 0.3) is 0 Å². The van der Waals surface area contributed by atoms with Crippen molar-refractivity contribution in [3.05, 3.63) is 83.7 Å². The molecule has 0 saturated carbocycles. The summed E-state index contributed by atoms with van der Waals surface area (Å²) in [6.45, 7) is 0. The number of benzene rings is 2. The molecule has 4 rings (SSSR count). The van der Waals surface area contributed by atoms with Crippen LogP contribution in [0.1, 0.15) is 29.2 Å². The molecule has 1 aliphatic rings. The van der Waals surface area contributed by atoms with Gasteiger partial charge in [-0.3, -0.25) is 0 Å². The number of hydrogen-bond acceptors (Lipinski definition) is 4. The van der Waals surface area contributed by atoms with Crippen LogP contribution in [0, 0.1) is 5.41 Å². The normalized spacial score (nSPS) is 16.5. The van der Waals surface area contributed by atoms with E-state index in [1.165, 1.54) is 5.56 Å². The average molecular weight is 314 g/mol. The van der Waals surface area contributed by atoms with Crippen molar-refractivity contribution in [2.75, 3.05) is 5.32 Å². The fourth-order valence-corrected chi connectivity index (χ4v) is 3.16. The Bertz CT molecular complexity index is 859. The predicted octanol–water partition coefficient (Wildman–Crippen LogP) is 4.32. The molecule has 1 unspecified atom stereocenters. The van der Waals surface area contributed by atoms with Gasteiger partial charge >= 0.3 is 0 Å². The minimum atomic E-state index is 0.311. The maximum Gasteiger partial charge on any atom is 0.227 e.